The van der Waals surface area contributed by atoms with Crippen LogP contribution in [-0.2, 0) is 4.79 Å². The Balaban J connectivity index is 1.49. The molecule has 0 saturated carbocycles. The first-order valence-electron chi connectivity index (χ1n) is 10.9. The molecule has 0 unspecified atom stereocenters. The number of para-hydroxylation sites is 3. The zero-order chi connectivity index (χ0) is 23.5. The monoisotopic (exact) mass is 449 g/mol. The predicted molar refractivity (Wildman–Crippen MR) is 128 cm³/mol. The molecule has 2 amide bonds. The summed E-state index contributed by atoms with van der Waals surface area (Å²) in [6, 6.07) is 22.7. The maximum absolute atomic E-state index is 13.7. The van der Waals surface area contributed by atoms with Crippen molar-refractivity contribution in [3.05, 3.63) is 90.2 Å². The van der Waals surface area contributed by atoms with E-state index in [0.29, 0.717) is 12.1 Å². The summed E-state index contributed by atoms with van der Waals surface area (Å²) in [5.41, 5.74) is 1.57. The third-order valence-electron chi connectivity index (χ3n) is 5.03. The van der Waals surface area contributed by atoms with Gasteiger partial charge in [0.05, 0.1) is 11.3 Å². The number of nitrogens with one attached hydrogen (secondary N) is 2. The summed E-state index contributed by atoms with van der Waals surface area (Å²) in [5, 5.41) is 5.37. The lowest BCUT2D eigenvalue weighted by Gasteiger charge is -2.23. The van der Waals surface area contributed by atoms with Crippen LogP contribution in [0, 0.1) is 5.82 Å². The SMILES string of the molecule is CCN(CCCNC(=O)c1ccccc1OCC(=O)Nc1ccccc1F)c1ccccc1. The summed E-state index contributed by atoms with van der Waals surface area (Å²) in [7, 11) is 0. The molecular formula is C26H28FN3O3. The van der Waals surface area contributed by atoms with Gasteiger partial charge in [0.25, 0.3) is 11.8 Å². The predicted octanol–water partition coefficient (Wildman–Crippen LogP) is 4.49. The van der Waals surface area contributed by atoms with Crippen LogP contribution in [0.4, 0.5) is 15.8 Å². The number of hydrogen-bond acceptors (Lipinski definition) is 4. The fourth-order valence-corrected chi connectivity index (χ4v) is 3.35. The van der Waals surface area contributed by atoms with Gasteiger partial charge in [0.1, 0.15) is 11.6 Å². The fraction of sp³-hybridized carbons (Fsp3) is 0.231. The topological polar surface area (TPSA) is 70.7 Å². The van der Waals surface area contributed by atoms with E-state index < -0.39 is 11.7 Å². The summed E-state index contributed by atoms with van der Waals surface area (Å²) in [6.45, 7) is 3.95. The third-order valence-corrected chi connectivity index (χ3v) is 5.03. The molecule has 0 saturated heterocycles. The minimum absolute atomic E-state index is 0.0776. The summed E-state index contributed by atoms with van der Waals surface area (Å²) in [6.07, 6.45) is 0.780. The summed E-state index contributed by atoms with van der Waals surface area (Å²) < 4.78 is 19.2. The summed E-state index contributed by atoms with van der Waals surface area (Å²) in [5.74, 6) is -1.03. The van der Waals surface area contributed by atoms with E-state index in [0.717, 1.165) is 25.2 Å². The zero-order valence-electron chi connectivity index (χ0n) is 18.6. The van der Waals surface area contributed by atoms with Crippen LogP contribution in [0.3, 0.4) is 0 Å². The van der Waals surface area contributed by atoms with Crippen molar-refractivity contribution in [3.63, 3.8) is 0 Å². The molecular weight excluding hydrogens is 421 g/mol. The average Bonchev–Trinajstić information content (AvgIpc) is 2.85. The molecule has 2 N–H and O–H groups in total. The molecule has 7 heteroatoms. The molecule has 0 aromatic heterocycles. The Bertz CT molecular complexity index is 1060. The lowest BCUT2D eigenvalue weighted by Crippen LogP contribution is -2.30. The Morgan fingerprint density at radius 1 is 0.939 bits per heavy atom. The largest absolute Gasteiger partial charge is 0.483 e. The van der Waals surface area contributed by atoms with Gasteiger partial charge in [-0.05, 0) is 49.7 Å². The van der Waals surface area contributed by atoms with Crippen molar-refractivity contribution >= 4 is 23.2 Å². The smallest absolute Gasteiger partial charge is 0.262 e. The standard InChI is InChI=1S/C26H28FN3O3/c1-2-30(20-11-4-3-5-12-20)18-10-17-28-26(32)21-13-6-9-16-24(21)33-19-25(31)29-23-15-8-7-14-22(23)27/h3-9,11-16H,2,10,17-19H2,1H3,(H,28,32)(H,29,31). The average molecular weight is 450 g/mol. The normalized spacial score (nSPS) is 10.4. The van der Waals surface area contributed by atoms with Gasteiger partial charge in [-0.15, -0.1) is 0 Å². The van der Waals surface area contributed by atoms with Crippen LogP contribution in [0.25, 0.3) is 0 Å². The van der Waals surface area contributed by atoms with E-state index in [2.05, 4.69) is 34.6 Å². The lowest BCUT2D eigenvalue weighted by atomic mass is 10.2. The van der Waals surface area contributed by atoms with Gasteiger partial charge in [-0.25, -0.2) is 4.39 Å². The van der Waals surface area contributed by atoms with E-state index in [9.17, 15) is 14.0 Å². The molecule has 6 nitrogen and oxygen atoms in total. The lowest BCUT2D eigenvalue weighted by molar-refractivity contribution is -0.118. The third kappa shape index (κ3) is 7.07. The fourth-order valence-electron chi connectivity index (χ4n) is 3.35. The molecule has 0 atom stereocenters. The van der Waals surface area contributed by atoms with Gasteiger partial charge < -0.3 is 20.3 Å². The van der Waals surface area contributed by atoms with Gasteiger partial charge in [0.2, 0.25) is 0 Å². The van der Waals surface area contributed by atoms with Gasteiger partial charge in [0.15, 0.2) is 6.61 Å². The number of benzene rings is 3. The second-order valence-corrected chi connectivity index (χ2v) is 7.34. The number of ether oxygens (including phenoxy) is 1. The van der Waals surface area contributed by atoms with Crippen molar-refractivity contribution in [2.24, 2.45) is 0 Å². The second kappa shape index (κ2) is 12.2. The highest BCUT2D eigenvalue weighted by Gasteiger charge is 2.14. The van der Waals surface area contributed by atoms with Crippen LogP contribution in [0.5, 0.6) is 5.75 Å². The molecule has 3 aromatic rings. The number of rotatable bonds is 11. The van der Waals surface area contributed by atoms with Crippen LogP contribution in [0.1, 0.15) is 23.7 Å². The number of carbonyl (C=O) groups excluding carboxylic acids is 2. The molecule has 0 aliphatic carbocycles. The van der Waals surface area contributed by atoms with Crippen molar-refractivity contribution in [1.29, 1.82) is 0 Å². The van der Waals surface area contributed by atoms with E-state index in [4.69, 9.17) is 4.74 Å². The van der Waals surface area contributed by atoms with Gasteiger partial charge >= 0.3 is 0 Å². The first-order valence-corrected chi connectivity index (χ1v) is 10.9. The number of amides is 2. The maximum atomic E-state index is 13.7. The molecule has 0 aliphatic rings. The van der Waals surface area contributed by atoms with Crippen LogP contribution >= 0.6 is 0 Å². The van der Waals surface area contributed by atoms with E-state index >= 15 is 0 Å². The minimum Gasteiger partial charge on any atom is -0.483 e. The van der Waals surface area contributed by atoms with Crippen LogP contribution in [0.2, 0.25) is 0 Å². The van der Waals surface area contributed by atoms with Crippen molar-refractivity contribution in [1.82, 2.24) is 5.32 Å². The Kier molecular flexibility index (Phi) is 8.82. The Labute approximate surface area is 193 Å². The van der Waals surface area contributed by atoms with Gasteiger partial charge in [-0.1, -0.05) is 42.5 Å². The maximum Gasteiger partial charge on any atom is 0.262 e. The van der Waals surface area contributed by atoms with Gasteiger partial charge in [-0.3, -0.25) is 9.59 Å². The van der Waals surface area contributed by atoms with E-state index in [1.54, 1.807) is 30.3 Å². The van der Waals surface area contributed by atoms with Crippen molar-refractivity contribution in [2.75, 3.05) is 36.5 Å². The molecule has 0 aliphatic heterocycles. The number of nitrogens with zero attached hydrogens (tertiary/aromatic N) is 1. The Hall–Kier alpha value is -3.87. The van der Waals surface area contributed by atoms with Crippen LogP contribution in [0.15, 0.2) is 78.9 Å². The number of anilines is 2. The van der Waals surface area contributed by atoms with Crippen LogP contribution in [-0.4, -0.2) is 38.1 Å². The number of hydrogen-bond donors (Lipinski definition) is 2. The van der Waals surface area contributed by atoms with E-state index in [1.807, 2.05) is 18.2 Å². The van der Waals surface area contributed by atoms with E-state index in [-0.39, 0.29) is 24.0 Å². The highest BCUT2D eigenvalue weighted by atomic mass is 19.1. The van der Waals surface area contributed by atoms with Crippen molar-refractivity contribution in [3.8, 4) is 5.75 Å². The molecule has 0 radical (unpaired) electrons. The van der Waals surface area contributed by atoms with Crippen LogP contribution < -0.4 is 20.3 Å². The molecule has 0 fully saturated rings. The summed E-state index contributed by atoms with van der Waals surface area (Å²) >= 11 is 0. The van der Waals surface area contributed by atoms with Gasteiger partial charge in [-0.2, -0.15) is 0 Å². The Morgan fingerprint density at radius 3 is 2.39 bits per heavy atom. The first kappa shape index (κ1) is 23.8. The molecule has 172 valence electrons. The Morgan fingerprint density at radius 2 is 1.64 bits per heavy atom. The van der Waals surface area contributed by atoms with Gasteiger partial charge in [0, 0.05) is 25.3 Å². The molecule has 3 aromatic carbocycles. The molecule has 0 bridgehead atoms. The number of carbonyl (C=O) groups is 2. The first-order chi connectivity index (χ1) is 16.1. The number of halogens is 1. The van der Waals surface area contributed by atoms with E-state index in [1.165, 1.54) is 18.2 Å². The molecule has 3 rings (SSSR count). The second-order valence-electron chi connectivity index (χ2n) is 7.34. The molecule has 33 heavy (non-hydrogen) atoms. The quantitative estimate of drug-likeness (QED) is 0.423. The minimum atomic E-state index is -0.528. The zero-order valence-corrected chi connectivity index (χ0v) is 18.6. The van der Waals surface area contributed by atoms with Crippen molar-refractivity contribution < 1.29 is 18.7 Å². The highest BCUT2D eigenvalue weighted by molar-refractivity contribution is 5.97. The highest BCUT2D eigenvalue weighted by Crippen LogP contribution is 2.19. The molecule has 0 heterocycles. The summed E-state index contributed by atoms with van der Waals surface area (Å²) in [4.78, 5) is 27.1. The van der Waals surface area contributed by atoms with Crippen molar-refractivity contribution in [2.45, 2.75) is 13.3 Å². The molecule has 0 spiro atoms.